The van der Waals surface area contributed by atoms with Gasteiger partial charge in [0.1, 0.15) is 5.75 Å². The van der Waals surface area contributed by atoms with Gasteiger partial charge in [-0.25, -0.2) is 0 Å². The number of rotatable bonds is 4. The van der Waals surface area contributed by atoms with Crippen LogP contribution in [0.25, 0.3) is 0 Å². The Labute approximate surface area is 142 Å². The molecular formula is C17H24ClN3O2. The maximum Gasteiger partial charge on any atom is 0.224 e. The van der Waals surface area contributed by atoms with Crippen LogP contribution in [0, 0.1) is 5.92 Å². The molecule has 2 heterocycles. The number of anilines is 1. The maximum absolute atomic E-state index is 12.4. The fourth-order valence-corrected chi connectivity index (χ4v) is 3.57. The molecule has 1 aromatic rings. The predicted octanol–water partition coefficient (Wildman–Crippen LogP) is 2.04. The van der Waals surface area contributed by atoms with Crippen molar-refractivity contribution in [1.29, 1.82) is 0 Å². The molecule has 2 aliphatic heterocycles. The number of ether oxygens (including phenoxy) is 1. The van der Waals surface area contributed by atoms with Gasteiger partial charge in [-0.15, -0.1) is 0 Å². The van der Waals surface area contributed by atoms with E-state index in [1.165, 1.54) is 0 Å². The van der Waals surface area contributed by atoms with E-state index in [0.717, 1.165) is 56.9 Å². The van der Waals surface area contributed by atoms with E-state index in [1.54, 1.807) is 7.11 Å². The maximum atomic E-state index is 12.4. The summed E-state index contributed by atoms with van der Waals surface area (Å²) >= 11 is 6.12. The van der Waals surface area contributed by atoms with Crippen molar-refractivity contribution in [3.05, 3.63) is 23.2 Å². The Kier molecular flexibility index (Phi) is 5.28. The first-order valence-corrected chi connectivity index (χ1v) is 8.64. The molecule has 2 saturated heterocycles. The number of carbonyl (C=O) groups is 1. The van der Waals surface area contributed by atoms with Crippen molar-refractivity contribution in [2.24, 2.45) is 5.92 Å². The molecule has 2 aliphatic rings. The molecule has 23 heavy (non-hydrogen) atoms. The molecular weight excluding hydrogens is 314 g/mol. The normalized spacial score (nSPS) is 24.5. The summed E-state index contributed by atoms with van der Waals surface area (Å²) in [5.41, 5.74) is 0.996. The lowest BCUT2D eigenvalue weighted by Gasteiger charge is -2.25. The van der Waals surface area contributed by atoms with Gasteiger partial charge in [-0.3, -0.25) is 4.79 Å². The Morgan fingerprint density at radius 1 is 1.43 bits per heavy atom. The molecule has 1 aromatic carbocycles. The molecule has 126 valence electrons. The quantitative estimate of drug-likeness (QED) is 0.883. The third kappa shape index (κ3) is 3.90. The van der Waals surface area contributed by atoms with Crippen LogP contribution in [0.1, 0.15) is 19.3 Å². The van der Waals surface area contributed by atoms with Crippen LogP contribution in [-0.4, -0.2) is 45.2 Å². The first-order valence-electron chi connectivity index (χ1n) is 8.27. The van der Waals surface area contributed by atoms with Gasteiger partial charge in [0.05, 0.1) is 18.7 Å². The second kappa shape index (κ2) is 7.41. The number of halogens is 1. The first kappa shape index (κ1) is 16.4. The van der Waals surface area contributed by atoms with Gasteiger partial charge in [0.15, 0.2) is 0 Å². The highest BCUT2D eigenvalue weighted by Gasteiger charge is 2.29. The van der Waals surface area contributed by atoms with Crippen molar-refractivity contribution in [3.63, 3.8) is 0 Å². The summed E-state index contributed by atoms with van der Waals surface area (Å²) in [6.45, 7) is 3.51. The van der Waals surface area contributed by atoms with Crippen LogP contribution < -0.4 is 20.3 Å². The van der Waals surface area contributed by atoms with Crippen LogP contribution in [0.3, 0.4) is 0 Å². The smallest absolute Gasteiger partial charge is 0.224 e. The minimum atomic E-state index is 0.110. The first-order chi connectivity index (χ1) is 11.2. The fraction of sp³-hybridized carbons (Fsp3) is 0.588. The summed E-state index contributed by atoms with van der Waals surface area (Å²) in [4.78, 5) is 14.6. The third-order valence-corrected chi connectivity index (χ3v) is 4.92. The standard InChI is InChI=1S/C17H24ClN3O2/c1-23-16-5-4-13(18)9-15(16)21-8-6-14(11-21)20-17(22)12-3-2-7-19-10-12/h4-5,9,12,14,19H,2-3,6-8,10-11H2,1H3,(H,20,22). The van der Waals surface area contributed by atoms with Gasteiger partial charge in [-0.2, -0.15) is 0 Å². The zero-order valence-corrected chi connectivity index (χ0v) is 14.2. The second-order valence-electron chi connectivity index (χ2n) is 6.30. The molecule has 0 aliphatic carbocycles. The van der Waals surface area contributed by atoms with E-state index < -0.39 is 0 Å². The molecule has 0 aromatic heterocycles. The molecule has 3 rings (SSSR count). The summed E-state index contributed by atoms with van der Waals surface area (Å²) in [5.74, 6) is 1.11. The van der Waals surface area contributed by atoms with Crippen LogP contribution in [0.15, 0.2) is 18.2 Å². The number of methoxy groups -OCH3 is 1. The largest absolute Gasteiger partial charge is 0.495 e. The van der Waals surface area contributed by atoms with Gasteiger partial charge >= 0.3 is 0 Å². The number of amides is 1. The molecule has 1 amide bonds. The number of benzene rings is 1. The molecule has 5 nitrogen and oxygen atoms in total. The molecule has 2 atom stereocenters. The van der Waals surface area contributed by atoms with Crippen LogP contribution in [0.4, 0.5) is 5.69 Å². The Morgan fingerprint density at radius 3 is 3.04 bits per heavy atom. The van der Waals surface area contributed by atoms with E-state index >= 15 is 0 Å². The van der Waals surface area contributed by atoms with Crippen molar-refractivity contribution < 1.29 is 9.53 Å². The molecule has 0 saturated carbocycles. The molecule has 0 spiro atoms. The SMILES string of the molecule is COc1ccc(Cl)cc1N1CCC(NC(=O)C2CCCNC2)C1. The van der Waals surface area contributed by atoms with Gasteiger partial charge in [0.25, 0.3) is 0 Å². The van der Waals surface area contributed by atoms with Gasteiger partial charge in [-0.05, 0) is 44.0 Å². The molecule has 2 fully saturated rings. The Morgan fingerprint density at radius 2 is 2.30 bits per heavy atom. The van der Waals surface area contributed by atoms with Crippen LogP contribution >= 0.6 is 11.6 Å². The number of nitrogens with one attached hydrogen (secondary N) is 2. The predicted molar refractivity (Wildman–Crippen MR) is 92.4 cm³/mol. The molecule has 2 N–H and O–H groups in total. The van der Waals surface area contributed by atoms with E-state index in [2.05, 4.69) is 15.5 Å². The number of hydrogen-bond donors (Lipinski definition) is 2. The van der Waals surface area contributed by atoms with Crippen molar-refractivity contribution in [2.45, 2.75) is 25.3 Å². The summed E-state index contributed by atoms with van der Waals surface area (Å²) in [6, 6.07) is 5.83. The molecule has 6 heteroatoms. The molecule has 0 bridgehead atoms. The van der Waals surface area contributed by atoms with Crippen LogP contribution in [0.5, 0.6) is 5.75 Å². The topological polar surface area (TPSA) is 53.6 Å². The number of piperidine rings is 1. The lowest BCUT2D eigenvalue weighted by Crippen LogP contribution is -2.45. The van der Waals surface area contributed by atoms with E-state index in [0.29, 0.717) is 5.02 Å². The van der Waals surface area contributed by atoms with Crippen molar-refractivity contribution in [3.8, 4) is 5.75 Å². The van der Waals surface area contributed by atoms with E-state index in [1.807, 2.05) is 18.2 Å². The van der Waals surface area contributed by atoms with Gasteiger partial charge in [0.2, 0.25) is 5.91 Å². The lowest BCUT2D eigenvalue weighted by atomic mass is 9.98. The van der Waals surface area contributed by atoms with Gasteiger partial charge in [-0.1, -0.05) is 11.6 Å². The van der Waals surface area contributed by atoms with Crippen molar-refractivity contribution >= 4 is 23.2 Å². The molecule has 2 unspecified atom stereocenters. The highest BCUT2D eigenvalue weighted by molar-refractivity contribution is 6.30. The van der Waals surface area contributed by atoms with E-state index in [4.69, 9.17) is 16.3 Å². The third-order valence-electron chi connectivity index (χ3n) is 4.68. The zero-order chi connectivity index (χ0) is 16.2. The highest BCUT2D eigenvalue weighted by Crippen LogP contribution is 2.33. The number of nitrogens with zero attached hydrogens (tertiary/aromatic N) is 1. The summed E-state index contributed by atoms with van der Waals surface area (Å²) in [6.07, 6.45) is 3.01. The molecule has 0 radical (unpaired) electrons. The minimum absolute atomic E-state index is 0.110. The Balaban J connectivity index is 1.60. The van der Waals surface area contributed by atoms with Gasteiger partial charge in [0, 0.05) is 30.7 Å². The number of hydrogen-bond acceptors (Lipinski definition) is 4. The summed E-state index contributed by atoms with van der Waals surface area (Å²) in [5, 5.41) is 7.20. The second-order valence-corrected chi connectivity index (χ2v) is 6.74. The average molecular weight is 338 g/mol. The monoisotopic (exact) mass is 337 g/mol. The Hall–Kier alpha value is -1.46. The zero-order valence-electron chi connectivity index (χ0n) is 13.5. The lowest BCUT2D eigenvalue weighted by molar-refractivity contribution is -0.126. The van der Waals surface area contributed by atoms with Crippen LogP contribution in [0.2, 0.25) is 5.02 Å². The fourth-order valence-electron chi connectivity index (χ4n) is 3.40. The van der Waals surface area contributed by atoms with Crippen molar-refractivity contribution in [1.82, 2.24) is 10.6 Å². The number of carbonyl (C=O) groups excluding carboxylic acids is 1. The van der Waals surface area contributed by atoms with E-state index in [-0.39, 0.29) is 17.9 Å². The minimum Gasteiger partial charge on any atom is -0.495 e. The summed E-state index contributed by atoms with van der Waals surface area (Å²) in [7, 11) is 1.66. The average Bonchev–Trinajstić information content (AvgIpc) is 3.04. The van der Waals surface area contributed by atoms with Crippen LogP contribution in [-0.2, 0) is 4.79 Å². The summed E-state index contributed by atoms with van der Waals surface area (Å²) < 4.78 is 5.43. The van der Waals surface area contributed by atoms with Crippen molar-refractivity contribution in [2.75, 3.05) is 38.2 Å². The Bertz CT molecular complexity index is 561. The van der Waals surface area contributed by atoms with E-state index in [9.17, 15) is 4.79 Å². The van der Waals surface area contributed by atoms with Gasteiger partial charge < -0.3 is 20.3 Å². The highest BCUT2D eigenvalue weighted by atomic mass is 35.5.